The van der Waals surface area contributed by atoms with Crippen molar-refractivity contribution < 1.29 is 9.53 Å². The number of benzene rings is 2. The second-order valence-electron chi connectivity index (χ2n) is 8.02. The van der Waals surface area contributed by atoms with E-state index in [1.807, 2.05) is 0 Å². The Morgan fingerprint density at radius 3 is 2.71 bits per heavy atom. The van der Waals surface area contributed by atoms with E-state index in [9.17, 15) is 4.79 Å². The minimum atomic E-state index is -0.452. The average Bonchev–Trinajstić information content (AvgIpc) is 2.75. The van der Waals surface area contributed by atoms with Crippen LogP contribution in [0.1, 0.15) is 55.6 Å². The molecule has 2 aromatic rings. The molecule has 0 amide bonds. The summed E-state index contributed by atoms with van der Waals surface area (Å²) in [6.45, 7) is 8.68. The number of halogens is 1. The lowest BCUT2D eigenvalue weighted by Crippen LogP contribution is -2.34. The van der Waals surface area contributed by atoms with Gasteiger partial charge in [0.15, 0.2) is 5.11 Å². The Bertz CT molecular complexity index is 920. The van der Waals surface area contributed by atoms with Gasteiger partial charge in [0.1, 0.15) is 0 Å². The summed E-state index contributed by atoms with van der Waals surface area (Å²) in [5.74, 6) is 0.293. The second-order valence-corrected chi connectivity index (χ2v) is 8.84. The first kappa shape index (κ1) is 23.4. The third-order valence-electron chi connectivity index (χ3n) is 5.48. The molecule has 0 aliphatic carbocycles. The smallest absolute Gasteiger partial charge is 0.339 e. The minimum absolute atomic E-state index is 0.0335. The molecule has 0 bridgehead atoms. The maximum atomic E-state index is 12.0. The van der Waals surface area contributed by atoms with Crippen molar-refractivity contribution in [2.45, 2.75) is 39.7 Å². The molecule has 3 rings (SSSR count). The molecular formula is C24H30ClN3O2S. The number of anilines is 2. The normalized spacial score (nSPS) is 17.0. The van der Waals surface area contributed by atoms with Crippen LogP contribution in [0.3, 0.4) is 0 Å². The summed E-state index contributed by atoms with van der Waals surface area (Å²) < 4.78 is 5.05. The van der Waals surface area contributed by atoms with Gasteiger partial charge in [-0.3, -0.25) is 0 Å². The molecule has 166 valence electrons. The molecule has 0 radical (unpaired) electrons. The summed E-state index contributed by atoms with van der Waals surface area (Å²) in [5, 5.41) is 7.24. The van der Waals surface area contributed by atoms with Crippen LogP contribution in [0.5, 0.6) is 0 Å². The van der Waals surface area contributed by atoms with E-state index in [0.717, 1.165) is 24.6 Å². The van der Waals surface area contributed by atoms with Crippen LogP contribution in [0.4, 0.5) is 11.4 Å². The fourth-order valence-electron chi connectivity index (χ4n) is 3.81. The largest absolute Gasteiger partial charge is 0.462 e. The summed E-state index contributed by atoms with van der Waals surface area (Å²) in [4.78, 5) is 14.5. The zero-order valence-electron chi connectivity index (χ0n) is 18.3. The highest BCUT2D eigenvalue weighted by Crippen LogP contribution is 2.25. The number of esters is 1. The summed E-state index contributed by atoms with van der Waals surface area (Å²) in [5.41, 5.74) is 3.41. The number of carbonyl (C=O) groups is 1. The van der Waals surface area contributed by atoms with Crippen molar-refractivity contribution in [2.75, 3.05) is 29.9 Å². The molecule has 1 aliphatic rings. The molecule has 0 saturated carbocycles. The van der Waals surface area contributed by atoms with Crippen molar-refractivity contribution in [2.24, 2.45) is 5.92 Å². The van der Waals surface area contributed by atoms with E-state index in [-0.39, 0.29) is 6.04 Å². The van der Waals surface area contributed by atoms with Gasteiger partial charge in [0, 0.05) is 24.5 Å². The third-order valence-corrected chi connectivity index (χ3v) is 6.03. The molecule has 1 heterocycles. The standard InChI is InChI=1S/C24H30ClN3O2S/c1-4-30-23(29)21-14-19(9-12-22(21)25)27-24(31)26-17(3)18-7-10-20(11-8-18)28-13-5-6-16(2)15-28/h7-12,14,16-17H,4-6,13,15H2,1-3H3,(H2,26,27,31). The molecule has 5 nitrogen and oxygen atoms in total. The summed E-state index contributed by atoms with van der Waals surface area (Å²) in [6.07, 6.45) is 2.57. The highest BCUT2D eigenvalue weighted by Gasteiger charge is 2.17. The van der Waals surface area contributed by atoms with Crippen LogP contribution in [0.15, 0.2) is 42.5 Å². The van der Waals surface area contributed by atoms with Gasteiger partial charge in [-0.15, -0.1) is 0 Å². The van der Waals surface area contributed by atoms with Gasteiger partial charge in [-0.2, -0.15) is 0 Å². The van der Waals surface area contributed by atoms with Crippen molar-refractivity contribution in [3.05, 3.63) is 58.6 Å². The first-order chi connectivity index (χ1) is 14.9. The molecule has 31 heavy (non-hydrogen) atoms. The van der Waals surface area contributed by atoms with E-state index in [2.05, 4.69) is 53.6 Å². The number of hydrogen-bond donors (Lipinski definition) is 2. The van der Waals surface area contributed by atoms with Crippen molar-refractivity contribution in [3.63, 3.8) is 0 Å². The molecule has 2 aromatic carbocycles. The lowest BCUT2D eigenvalue weighted by Gasteiger charge is -2.33. The topological polar surface area (TPSA) is 53.6 Å². The maximum absolute atomic E-state index is 12.0. The number of nitrogens with one attached hydrogen (secondary N) is 2. The molecule has 2 atom stereocenters. The monoisotopic (exact) mass is 459 g/mol. The summed E-state index contributed by atoms with van der Waals surface area (Å²) >= 11 is 11.6. The molecular weight excluding hydrogens is 430 g/mol. The van der Waals surface area contributed by atoms with Crippen LogP contribution in [0.2, 0.25) is 5.02 Å². The number of rotatable bonds is 6. The Labute approximate surface area is 195 Å². The lowest BCUT2D eigenvalue weighted by molar-refractivity contribution is 0.0526. The number of thiocarbonyl (C=S) groups is 1. The van der Waals surface area contributed by atoms with Gasteiger partial charge in [-0.1, -0.05) is 30.7 Å². The Kier molecular flexibility index (Phi) is 8.15. The highest BCUT2D eigenvalue weighted by atomic mass is 35.5. The van der Waals surface area contributed by atoms with Gasteiger partial charge < -0.3 is 20.3 Å². The Morgan fingerprint density at radius 2 is 2.03 bits per heavy atom. The first-order valence-corrected chi connectivity index (χ1v) is 11.5. The van der Waals surface area contributed by atoms with Gasteiger partial charge >= 0.3 is 5.97 Å². The zero-order chi connectivity index (χ0) is 22.4. The minimum Gasteiger partial charge on any atom is -0.462 e. The quantitative estimate of drug-likeness (QED) is 0.420. The van der Waals surface area contributed by atoms with Gasteiger partial charge in [0.2, 0.25) is 0 Å². The second kappa shape index (κ2) is 10.8. The molecule has 7 heteroatoms. The lowest BCUT2D eigenvalue weighted by atomic mass is 9.99. The van der Waals surface area contributed by atoms with Gasteiger partial charge in [-0.05, 0) is 80.7 Å². The fraction of sp³-hybridized carbons (Fsp3) is 0.417. The predicted molar refractivity (Wildman–Crippen MR) is 132 cm³/mol. The Balaban J connectivity index is 1.59. The van der Waals surface area contributed by atoms with E-state index >= 15 is 0 Å². The van der Waals surface area contributed by atoms with Crippen LogP contribution >= 0.6 is 23.8 Å². The van der Waals surface area contributed by atoms with E-state index in [0.29, 0.717) is 28.0 Å². The van der Waals surface area contributed by atoms with E-state index in [1.54, 1.807) is 25.1 Å². The molecule has 1 aliphatic heterocycles. The summed E-state index contributed by atoms with van der Waals surface area (Å²) in [7, 11) is 0. The molecule has 2 unspecified atom stereocenters. The summed E-state index contributed by atoms with van der Waals surface area (Å²) in [6, 6.07) is 13.8. The van der Waals surface area contributed by atoms with Crippen molar-refractivity contribution >= 4 is 46.3 Å². The third kappa shape index (κ3) is 6.34. The first-order valence-electron chi connectivity index (χ1n) is 10.8. The van der Waals surface area contributed by atoms with E-state index in [4.69, 9.17) is 28.6 Å². The van der Waals surface area contributed by atoms with Crippen molar-refractivity contribution in [3.8, 4) is 0 Å². The van der Waals surface area contributed by atoms with Crippen LogP contribution in [-0.4, -0.2) is 30.8 Å². The Hall–Kier alpha value is -2.31. The van der Waals surface area contributed by atoms with Crippen LogP contribution in [0, 0.1) is 5.92 Å². The van der Waals surface area contributed by atoms with Crippen molar-refractivity contribution in [1.29, 1.82) is 0 Å². The molecule has 2 N–H and O–H groups in total. The molecule has 0 spiro atoms. The van der Waals surface area contributed by atoms with E-state index in [1.165, 1.54) is 18.5 Å². The van der Waals surface area contributed by atoms with Crippen molar-refractivity contribution in [1.82, 2.24) is 5.32 Å². The Morgan fingerprint density at radius 1 is 1.29 bits per heavy atom. The number of nitrogens with zero attached hydrogens (tertiary/aromatic N) is 1. The molecule has 0 aromatic heterocycles. The SMILES string of the molecule is CCOC(=O)c1cc(NC(=S)NC(C)c2ccc(N3CCCC(C)C3)cc2)ccc1Cl. The van der Waals surface area contributed by atoms with Crippen LogP contribution < -0.4 is 15.5 Å². The van der Waals surface area contributed by atoms with Gasteiger partial charge in [-0.25, -0.2) is 4.79 Å². The fourth-order valence-corrected chi connectivity index (χ4v) is 4.30. The highest BCUT2D eigenvalue weighted by molar-refractivity contribution is 7.80. The van der Waals surface area contributed by atoms with Crippen LogP contribution in [0.25, 0.3) is 0 Å². The average molecular weight is 460 g/mol. The number of piperidine rings is 1. The number of ether oxygens (including phenoxy) is 1. The number of carbonyl (C=O) groups excluding carboxylic acids is 1. The number of hydrogen-bond acceptors (Lipinski definition) is 4. The van der Waals surface area contributed by atoms with Gasteiger partial charge in [0.25, 0.3) is 0 Å². The van der Waals surface area contributed by atoms with E-state index < -0.39 is 5.97 Å². The molecule has 1 fully saturated rings. The van der Waals surface area contributed by atoms with Crippen LogP contribution in [-0.2, 0) is 4.74 Å². The predicted octanol–water partition coefficient (Wildman–Crippen LogP) is 5.80. The molecule has 1 saturated heterocycles. The zero-order valence-corrected chi connectivity index (χ0v) is 19.9. The maximum Gasteiger partial charge on any atom is 0.339 e. The van der Waals surface area contributed by atoms with Gasteiger partial charge in [0.05, 0.1) is 23.2 Å².